The Bertz CT molecular complexity index is 494. The minimum Gasteiger partial charge on any atom is -0.421 e. The van der Waals surface area contributed by atoms with Crippen molar-refractivity contribution in [3.63, 3.8) is 0 Å². The van der Waals surface area contributed by atoms with Gasteiger partial charge in [-0.1, -0.05) is 0 Å². The SMILES string of the molecule is CNc1nccc(Oc2cc(C)nn2C)n1. The molecular weight excluding hydrogens is 206 g/mol. The van der Waals surface area contributed by atoms with E-state index < -0.39 is 0 Å². The zero-order valence-corrected chi connectivity index (χ0v) is 9.43. The molecule has 1 N–H and O–H groups in total. The van der Waals surface area contributed by atoms with Gasteiger partial charge < -0.3 is 10.1 Å². The maximum absolute atomic E-state index is 5.58. The van der Waals surface area contributed by atoms with E-state index in [0.29, 0.717) is 17.7 Å². The molecule has 0 aliphatic carbocycles. The third-order valence-corrected chi connectivity index (χ3v) is 2.02. The minimum atomic E-state index is 0.488. The van der Waals surface area contributed by atoms with E-state index in [1.807, 2.05) is 20.0 Å². The van der Waals surface area contributed by atoms with Crippen LogP contribution in [-0.2, 0) is 7.05 Å². The fourth-order valence-corrected chi connectivity index (χ4v) is 1.31. The monoisotopic (exact) mass is 219 g/mol. The van der Waals surface area contributed by atoms with Gasteiger partial charge in [0.1, 0.15) is 0 Å². The second-order valence-electron chi connectivity index (χ2n) is 3.32. The highest BCUT2D eigenvalue weighted by Crippen LogP contribution is 2.19. The van der Waals surface area contributed by atoms with Gasteiger partial charge in [0, 0.05) is 32.4 Å². The van der Waals surface area contributed by atoms with E-state index in [-0.39, 0.29) is 0 Å². The molecule has 2 rings (SSSR count). The number of aromatic nitrogens is 4. The van der Waals surface area contributed by atoms with Crippen LogP contribution in [0.4, 0.5) is 5.95 Å². The predicted molar refractivity (Wildman–Crippen MR) is 59.6 cm³/mol. The van der Waals surface area contributed by atoms with E-state index in [4.69, 9.17) is 4.74 Å². The summed E-state index contributed by atoms with van der Waals surface area (Å²) in [5.74, 6) is 1.66. The molecule has 0 radical (unpaired) electrons. The molecule has 2 aromatic heterocycles. The Kier molecular flexibility index (Phi) is 2.72. The lowest BCUT2D eigenvalue weighted by Crippen LogP contribution is -1.99. The second-order valence-corrected chi connectivity index (χ2v) is 3.32. The maximum Gasteiger partial charge on any atom is 0.226 e. The summed E-state index contributed by atoms with van der Waals surface area (Å²) >= 11 is 0. The first-order valence-corrected chi connectivity index (χ1v) is 4.88. The van der Waals surface area contributed by atoms with Gasteiger partial charge in [-0.2, -0.15) is 10.1 Å². The normalized spacial score (nSPS) is 10.2. The molecule has 6 heteroatoms. The molecule has 0 saturated carbocycles. The number of aryl methyl sites for hydroxylation is 2. The zero-order chi connectivity index (χ0) is 11.5. The smallest absolute Gasteiger partial charge is 0.226 e. The summed E-state index contributed by atoms with van der Waals surface area (Å²) in [6, 6.07) is 3.55. The third kappa shape index (κ3) is 2.10. The van der Waals surface area contributed by atoms with Crippen LogP contribution in [0.15, 0.2) is 18.3 Å². The van der Waals surface area contributed by atoms with E-state index in [1.165, 1.54) is 0 Å². The number of hydrogen-bond donors (Lipinski definition) is 1. The van der Waals surface area contributed by atoms with Gasteiger partial charge in [-0.25, -0.2) is 9.67 Å². The van der Waals surface area contributed by atoms with Gasteiger partial charge in [-0.3, -0.25) is 0 Å². The Labute approximate surface area is 93.3 Å². The van der Waals surface area contributed by atoms with E-state index in [0.717, 1.165) is 5.69 Å². The summed E-state index contributed by atoms with van der Waals surface area (Å²) in [5.41, 5.74) is 0.903. The van der Waals surface area contributed by atoms with Gasteiger partial charge >= 0.3 is 0 Å². The van der Waals surface area contributed by atoms with Gasteiger partial charge in [0.05, 0.1) is 5.69 Å². The summed E-state index contributed by atoms with van der Waals surface area (Å²) in [7, 11) is 3.58. The largest absolute Gasteiger partial charge is 0.421 e. The lowest BCUT2D eigenvalue weighted by molar-refractivity contribution is 0.415. The summed E-state index contributed by atoms with van der Waals surface area (Å²) < 4.78 is 7.24. The highest BCUT2D eigenvalue weighted by atomic mass is 16.5. The standard InChI is InChI=1S/C10H13N5O/c1-7-6-9(15(3)14-7)16-8-4-5-12-10(11-2)13-8/h4-6H,1-3H3,(H,11,12,13). The Hall–Kier alpha value is -2.11. The first-order chi connectivity index (χ1) is 7.69. The van der Waals surface area contributed by atoms with Crippen molar-refractivity contribution in [3.05, 3.63) is 24.0 Å². The van der Waals surface area contributed by atoms with Crippen molar-refractivity contribution in [2.75, 3.05) is 12.4 Å². The molecule has 0 aromatic carbocycles. The van der Waals surface area contributed by atoms with E-state index >= 15 is 0 Å². The van der Waals surface area contributed by atoms with Crippen LogP contribution < -0.4 is 10.1 Å². The van der Waals surface area contributed by atoms with Gasteiger partial charge in [0.25, 0.3) is 0 Å². The van der Waals surface area contributed by atoms with Gasteiger partial charge in [-0.15, -0.1) is 0 Å². The topological polar surface area (TPSA) is 64.9 Å². The zero-order valence-electron chi connectivity index (χ0n) is 9.43. The molecule has 16 heavy (non-hydrogen) atoms. The van der Waals surface area contributed by atoms with Crippen LogP contribution in [0.25, 0.3) is 0 Å². The van der Waals surface area contributed by atoms with Crippen LogP contribution in [0.5, 0.6) is 11.8 Å². The fourth-order valence-electron chi connectivity index (χ4n) is 1.31. The molecule has 6 nitrogen and oxygen atoms in total. The highest BCUT2D eigenvalue weighted by Gasteiger charge is 2.05. The summed E-state index contributed by atoms with van der Waals surface area (Å²) in [6.07, 6.45) is 1.64. The van der Waals surface area contributed by atoms with E-state index in [9.17, 15) is 0 Å². The van der Waals surface area contributed by atoms with Crippen LogP contribution in [-0.4, -0.2) is 26.8 Å². The number of anilines is 1. The molecule has 0 aliphatic heterocycles. The number of ether oxygens (including phenoxy) is 1. The van der Waals surface area contributed by atoms with Crippen molar-refractivity contribution < 1.29 is 4.74 Å². The number of hydrogen-bond acceptors (Lipinski definition) is 5. The second kappa shape index (κ2) is 4.18. The van der Waals surface area contributed by atoms with E-state index in [1.54, 1.807) is 24.0 Å². The Morgan fingerprint density at radius 1 is 1.44 bits per heavy atom. The number of rotatable bonds is 3. The molecule has 0 bridgehead atoms. The van der Waals surface area contributed by atoms with Crippen LogP contribution in [0, 0.1) is 6.92 Å². The van der Waals surface area contributed by atoms with Crippen LogP contribution in [0.1, 0.15) is 5.69 Å². The molecule has 0 saturated heterocycles. The van der Waals surface area contributed by atoms with Crippen LogP contribution in [0.3, 0.4) is 0 Å². The molecule has 0 atom stereocenters. The molecular formula is C10H13N5O. The average Bonchev–Trinajstić information content (AvgIpc) is 2.58. The lowest BCUT2D eigenvalue weighted by Gasteiger charge is -2.04. The fraction of sp³-hybridized carbons (Fsp3) is 0.300. The molecule has 0 unspecified atom stereocenters. The predicted octanol–water partition coefficient (Wildman–Crippen LogP) is 1.35. The number of nitrogens with one attached hydrogen (secondary N) is 1. The van der Waals surface area contributed by atoms with Crippen molar-refractivity contribution >= 4 is 5.95 Å². The molecule has 0 aliphatic rings. The van der Waals surface area contributed by atoms with Crippen molar-refractivity contribution in [2.24, 2.45) is 7.05 Å². The van der Waals surface area contributed by atoms with Crippen molar-refractivity contribution in [2.45, 2.75) is 6.92 Å². The minimum absolute atomic E-state index is 0.488. The number of nitrogens with zero attached hydrogens (tertiary/aromatic N) is 4. The molecule has 2 heterocycles. The van der Waals surface area contributed by atoms with Gasteiger partial charge in [-0.05, 0) is 6.92 Å². The third-order valence-electron chi connectivity index (χ3n) is 2.02. The van der Waals surface area contributed by atoms with Crippen molar-refractivity contribution in [3.8, 4) is 11.8 Å². The van der Waals surface area contributed by atoms with Crippen molar-refractivity contribution in [1.29, 1.82) is 0 Å². The molecule has 0 spiro atoms. The first-order valence-electron chi connectivity index (χ1n) is 4.88. The van der Waals surface area contributed by atoms with E-state index in [2.05, 4.69) is 20.4 Å². The Balaban J connectivity index is 2.23. The van der Waals surface area contributed by atoms with Gasteiger partial charge in [0.2, 0.25) is 17.7 Å². The lowest BCUT2D eigenvalue weighted by atomic mass is 10.5. The molecule has 0 amide bonds. The van der Waals surface area contributed by atoms with Crippen LogP contribution in [0.2, 0.25) is 0 Å². The molecule has 0 fully saturated rings. The van der Waals surface area contributed by atoms with Crippen molar-refractivity contribution in [1.82, 2.24) is 19.7 Å². The Morgan fingerprint density at radius 3 is 2.88 bits per heavy atom. The first kappa shape index (κ1) is 10.4. The van der Waals surface area contributed by atoms with Gasteiger partial charge in [0.15, 0.2) is 0 Å². The summed E-state index contributed by atoms with van der Waals surface area (Å²) in [6.45, 7) is 1.91. The van der Waals surface area contributed by atoms with Crippen LogP contribution >= 0.6 is 0 Å². The quantitative estimate of drug-likeness (QED) is 0.844. The average molecular weight is 219 g/mol. The molecule has 2 aromatic rings. The Morgan fingerprint density at radius 2 is 2.25 bits per heavy atom. The summed E-state index contributed by atoms with van der Waals surface area (Å²) in [5, 5.41) is 7.03. The maximum atomic E-state index is 5.58. The highest BCUT2D eigenvalue weighted by molar-refractivity contribution is 5.28. The molecule has 84 valence electrons. The summed E-state index contributed by atoms with van der Waals surface area (Å²) in [4.78, 5) is 8.15.